The minimum atomic E-state index is 0.613. The molecule has 0 aromatic rings. The average molecular weight is 210 g/mol. The fourth-order valence-corrected chi connectivity index (χ4v) is 2.61. The Morgan fingerprint density at radius 1 is 1.33 bits per heavy atom. The van der Waals surface area contributed by atoms with Gasteiger partial charge in [-0.05, 0) is 18.8 Å². The largest absolute Gasteiger partial charge is 0.302 e. The van der Waals surface area contributed by atoms with Crippen molar-refractivity contribution in [2.75, 3.05) is 26.2 Å². The number of carbonyl (C=O) groups is 1. The SMILES string of the molecule is CC(C)C1CN(CC=O)CCN1C1CC1. The molecular formula is C12H22N2O. The monoisotopic (exact) mass is 210 g/mol. The molecule has 1 unspecified atom stereocenters. The van der Waals surface area contributed by atoms with Gasteiger partial charge in [0.15, 0.2) is 0 Å². The van der Waals surface area contributed by atoms with Crippen molar-refractivity contribution in [3.05, 3.63) is 0 Å². The van der Waals surface area contributed by atoms with Crippen LogP contribution in [0.5, 0.6) is 0 Å². The van der Waals surface area contributed by atoms with Gasteiger partial charge in [-0.25, -0.2) is 0 Å². The first-order valence-electron chi connectivity index (χ1n) is 6.14. The third-order valence-corrected chi connectivity index (χ3v) is 3.66. The van der Waals surface area contributed by atoms with Gasteiger partial charge in [0.1, 0.15) is 6.29 Å². The molecule has 1 atom stereocenters. The molecule has 1 aliphatic heterocycles. The Hall–Kier alpha value is -0.410. The van der Waals surface area contributed by atoms with Crippen LogP contribution >= 0.6 is 0 Å². The summed E-state index contributed by atoms with van der Waals surface area (Å²) >= 11 is 0. The van der Waals surface area contributed by atoms with E-state index in [1.807, 2.05) is 0 Å². The fraction of sp³-hybridized carbons (Fsp3) is 0.917. The molecule has 0 aromatic carbocycles. The molecule has 1 aliphatic carbocycles. The van der Waals surface area contributed by atoms with Gasteiger partial charge in [0.2, 0.25) is 0 Å². The Bertz CT molecular complexity index is 226. The summed E-state index contributed by atoms with van der Waals surface area (Å²) in [6.45, 7) is 8.50. The van der Waals surface area contributed by atoms with Gasteiger partial charge in [-0.1, -0.05) is 13.8 Å². The summed E-state index contributed by atoms with van der Waals surface area (Å²) in [6.07, 6.45) is 3.80. The van der Waals surface area contributed by atoms with Gasteiger partial charge in [0, 0.05) is 31.7 Å². The zero-order valence-electron chi connectivity index (χ0n) is 9.85. The molecule has 0 spiro atoms. The van der Waals surface area contributed by atoms with Crippen molar-refractivity contribution in [2.24, 2.45) is 5.92 Å². The van der Waals surface area contributed by atoms with Crippen LogP contribution in [-0.2, 0) is 4.79 Å². The molecule has 1 saturated carbocycles. The van der Waals surface area contributed by atoms with Gasteiger partial charge >= 0.3 is 0 Å². The molecule has 1 saturated heterocycles. The van der Waals surface area contributed by atoms with Crippen LogP contribution in [0.2, 0.25) is 0 Å². The predicted molar refractivity (Wildman–Crippen MR) is 60.9 cm³/mol. The smallest absolute Gasteiger partial charge is 0.133 e. The second kappa shape index (κ2) is 4.62. The van der Waals surface area contributed by atoms with Crippen molar-refractivity contribution in [3.8, 4) is 0 Å². The number of rotatable bonds is 4. The highest BCUT2D eigenvalue weighted by Crippen LogP contribution is 2.32. The molecule has 0 bridgehead atoms. The zero-order chi connectivity index (χ0) is 10.8. The van der Waals surface area contributed by atoms with E-state index >= 15 is 0 Å². The summed E-state index contributed by atoms with van der Waals surface area (Å²) in [6, 6.07) is 1.52. The first kappa shape index (κ1) is 11.1. The number of nitrogens with zero attached hydrogens (tertiary/aromatic N) is 2. The number of hydrogen-bond donors (Lipinski definition) is 0. The lowest BCUT2D eigenvalue weighted by Crippen LogP contribution is -2.56. The second-order valence-electron chi connectivity index (χ2n) is 5.21. The predicted octanol–water partition coefficient (Wildman–Crippen LogP) is 0.990. The Morgan fingerprint density at radius 2 is 2.07 bits per heavy atom. The highest BCUT2D eigenvalue weighted by Gasteiger charge is 2.38. The summed E-state index contributed by atoms with van der Waals surface area (Å²) in [5, 5.41) is 0. The second-order valence-corrected chi connectivity index (χ2v) is 5.21. The van der Waals surface area contributed by atoms with Gasteiger partial charge in [0.05, 0.1) is 6.54 Å². The Labute approximate surface area is 92.4 Å². The van der Waals surface area contributed by atoms with Crippen LogP contribution in [0.4, 0.5) is 0 Å². The quantitative estimate of drug-likeness (QED) is 0.647. The lowest BCUT2D eigenvalue weighted by molar-refractivity contribution is -0.109. The molecule has 86 valence electrons. The maximum Gasteiger partial charge on any atom is 0.133 e. The molecule has 2 aliphatic rings. The van der Waals surface area contributed by atoms with Gasteiger partial charge < -0.3 is 4.79 Å². The van der Waals surface area contributed by atoms with E-state index in [1.165, 1.54) is 12.8 Å². The minimum Gasteiger partial charge on any atom is -0.302 e. The van der Waals surface area contributed by atoms with Crippen LogP contribution in [0.25, 0.3) is 0 Å². The lowest BCUT2D eigenvalue weighted by atomic mass is 9.99. The fourth-order valence-electron chi connectivity index (χ4n) is 2.61. The van der Waals surface area contributed by atoms with Crippen LogP contribution < -0.4 is 0 Å². The zero-order valence-corrected chi connectivity index (χ0v) is 9.85. The van der Waals surface area contributed by atoms with E-state index in [4.69, 9.17) is 0 Å². The normalized spacial score (nSPS) is 29.7. The van der Waals surface area contributed by atoms with Crippen LogP contribution in [0, 0.1) is 5.92 Å². The number of piperazine rings is 1. The number of aldehydes is 1. The summed E-state index contributed by atoms with van der Waals surface area (Å²) in [7, 11) is 0. The molecule has 0 radical (unpaired) electrons. The van der Waals surface area contributed by atoms with Crippen molar-refractivity contribution in [1.29, 1.82) is 0 Å². The lowest BCUT2D eigenvalue weighted by Gasteiger charge is -2.43. The van der Waals surface area contributed by atoms with Crippen molar-refractivity contribution in [3.63, 3.8) is 0 Å². The Kier molecular flexibility index (Phi) is 3.42. The molecule has 0 amide bonds. The van der Waals surface area contributed by atoms with E-state index in [2.05, 4.69) is 23.6 Å². The minimum absolute atomic E-state index is 0.613. The van der Waals surface area contributed by atoms with E-state index in [0.717, 1.165) is 32.0 Å². The van der Waals surface area contributed by atoms with Crippen LogP contribution in [0.15, 0.2) is 0 Å². The molecule has 2 rings (SSSR count). The van der Waals surface area contributed by atoms with Crippen molar-refractivity contribution >= 4 is 6.29 Å². The van der Waals surface area contributed by atoms with E-state index in [9.17, 15) is 4.79 Å². The molecule has 0 N–H and O–H groups in total. The molecule has 1 heterocycles. The van der Waals surface area contributed by atoms with Crippen LogP contribution in [0.3, 0.4) is 0 Å². The van der Waals surface area contributed by atoms with Crippen molar-refractivity contribution in [1.82, 2.24) is 9.80 Å². The van der Waals surface area contributed by atoms with Gasteiger partial charge in [-0.2, -0.15) is 0 Å². The highest BCUT2D eigenvalue weighted by molar-refractivity contribution is 5.52. The van der Waals surface area contributed by atoms with E-state index in [1.54, 1.807) is 0 Å². The van der Waals surface area contributed by atoms with Gasteiger partial charge in [-0.15, -0.1) is 0 Å². The maximum absolute atomic E-state index is 10.5. The van der Waals surface area contributed by atoms with Crippen molar-refractivity contribution < 1.29 is 4.79 Å². The van der Waals surface area contributed by atoms with Gasteiger partial charge in [-0.3, -0.25) is 9.80 Å². The third-order valence-electron chi connectivity index (χ3n) is 3.66. The van der Waals surface area contributed by atoms with Gasteiger partial charge in [0.25, 0.3) is 0 Å². The third kappa shape index (κ3) is 2.58. The van der Waals surface area contributed by atoms with Crippen LogP contribution in [-0.4, -0.2) is 54.3 Å². The maximum atomic E-state index is 10.5. The number of hydrogen-bond acceptors (Lipinski definition) is 3. The summed E-state index contributed by atoms with van der Waals surface area (Å²) in [5.74, 6) is 0.694. The molecule has 3 nitrogen and oxygen atoms in total. The van der Waals surface area contributed by atoms with E-state index < -0.39 is 0 Å². The average Bonchev–Trinajstić information content (AvgIpc) is 3.01. The van der Waals surface area contributed by atoms with Crippen molar-refractivity contribution in [2.45, 2.75) is 38.8 Å². The molecule has 0 aromatic heterocycles. The Morgan fingerprint density at radius 3 is 2.60 bits per heavy atom. The topological polar surface area (TPSA) is 23.6 Å². The summed E-state index contributed by atoms with van der Waals surface area (Å²) in [4.78, 5) is 15.5. The standard InChI is InChI=1S/C12H22N2O/c1-10(2)12-9-13(7-8-15)5-6-14(12)11-3-4-11/h8,10-12H,3-7,9H2,1-2H3. The highest BCUT2D eigenvalue weighted by atomic mass is 16.1. The summed E-state index contributed by atoms with van der Waals surface area (Å²) < 4.78 is 0. The first-order chi connectivity index (χ1) is 7.22. The summed E-state index contributed by atoms with van der Waals surface area (Å²) in [5.41, 5.74) is 0. The number of carbonyl (C=O) groups excluding carboxylic acids is 1. The van der Waals surface area contributed by atoms with Crippen LogP contribution in [0.1, 0.15) is 26.7 Å². The van der Waals surface area contributed by atoms with E-state index in [-0.39, 0.29) is 0 Å². The first-order valence-corrected chi connectivity index (χ1v) is 6.14. The molecule has 3 heteroatoms. The molecular weight excluding hydrogens is 188 g/mol. The molecule has 2 fully saturated rings. The van der Waals surface area contributed by atoms with E-state index in [0.29, 0.717) is 18.5 Å². The Balaban J connectivity index is 1.95. The molecule has 15 heavy (non-hydrogen) atoms.